The van der Waals surface area contributed by atoms with Crippen LogP contribution in [-0.2, 0) is 24.5 Å². The van der Waals surface area contributed by atoms with E-state index in [2.05, 4.69) is 21.0 Å². The summed E-state index contributed by atoms with van der Waals surface area (Å²) in [6.07, 6.45) is 9.82. The SMILES string of the molecule is C#Cc1cc2[nH]ncc2c(-c2nn(C)c3c4c(N5CCOC[C@@](C)(O)C5)nc(OC[C@@]56CCCN5C[C@H](F)C6)nc4n(C)c23)c1C1(F)CC1. The van der Waals surface area contributed by atoms with Crippen molar-refractivity contribution in [2.24, 2.45) is 14.1 Å². The van der Waals surface area contributed by atoms with Crippen molar-refractivity contribution in [1.29, 1.82) is 0 Å². The van der Waals surface area contributed by atoms with Gasteiger partial charge in [0.1, 0.15) is 35.6 Å². The zero-order valence-electron chi connectivity index (χ0n) is 27.9. The number of nitrogens with one attached hydrogen (secondary N) is 1. The fraction of sp³-hybridized carbons (Fsp3) is 0.543. The van der Waals surface area contributed by atoms with Crippen molar-refractivity contribution < 1.29 is 23.4 Å². The second-order valence-electron chi connectivity index (χ2n) is 14.7. The largest absolute Gasteiger partial charge is 0.461 e. The van der Waals surface area contributed by atoms with E-state index in [1.54, 1.807) is 23.9 Å². The highest BCUT2D eigenvalue weighted by Gasteiger charge is 2.50. The maximum absolute atomic E-state index is 16.3. The number of aromatic nitrogens is 7. The number of aliphatic hydroxyl groups is 1. The number of H-pyrrole nitrogens is 1. The van der Waals surface area contributed by atoms with Crippen LogP contribution in [0.3, 0.4) is 0 Å². The number of terminal acetylenes is 1. The number of β-amino-alcohol motifs (C(OH)–C–C–N with tert-alkyl or cyclic N) is 1. The quantitative estimate of drug-likeness (QED) is 0.259. The predicted octanol–water partition coefficient (Wildman–Crippen LogP) is 3.88. The predicted molar refractivity (Wildman–Crippen MR) is 180 cm³/mol. The van der Waals surface area contributed by atoms with Crippen molar-refractivity contribution >= 4 is 38.8 Å². The number of ether oxygens (including phenoxy) is 2. The molecule has 0 unspecified atom stereocenters. The van der Waals surface area contributed by atoms with Crippen molar-refractivity contribution in [2.75, 3.05) is 50.9 Å². The summed E-state index contributed by atoms with van der Waals surface area (Å²) < 4.78 is 46.8. The van der Waals surface area contributed by atoms with Gasteiger partial charge in [0, 0.05) is 55.7 Å². The number of benzene rings is 1. The first kappa shape index (κ1) is 30.7. The number of fused-ring (bicyclic) bond motifs is 5. The lowest BCUT2D eigenvalue weighted by molar-refractivity contribution is -0.0123. The Morgan fingerprint density at radius 2 is 2.04 bits per heavy atom. The lowest BCUT2D eigenvalue weighted by Gasteiger charge is -2.31. The summed E-state index contributed by atoms with van der Waals surface area (Å²) in [5.74, 6) is 3.29. The molecule has 4 aromatic heterocycles. The highest BCUT2D eigenvalue weighted by Crippen LogP contribution is 2.56. The maximum Gasteiger partial charge on any atom is 0.320 e. The van der Waals surface area contributed by atoms with Crippen molar-refractivity contribution in [3.63, 3.8) is 0 Å². The molecule has 3 aliphatic heterocycles. The van der Waals surface area contributed by atoms with Gasteiger partial charge in [-0.05, 0) is 45.2 Å². The molecule has 256 valence electrons. The number of hydrogen-bond donors (Lipinski definition) is 2. The monoisotopic (exact) mass is 671 g/mol. The van der Waals surface area contributed by atoms with E-state index < -0.39 is 17.4 Å². The molecule has 0 spiro atoms. The highest BCUT2D eigenvalue weighted by molar-refractivity contribution is 6.16. The lowest BCUT2D eigenvalue weighted by Crippen LogP contribution is -2.44. The molecule has 0 amide bonds. The zero-order valence-corrected chi connectivity index (χ0v) is 27.9. The first-order valence-electron chi connectivity index (χ1n) is 17.0. The van der Waals surface area contributed by atoms with Gasteiger partial charge in [-0.2, -0.15) is 20.2 Å². The van der Waals surface area contributed by atoms with Gasteiger partial charge in [-0.15, -0.1) is 6.42 Å². The summed E-state index contributed by atoms with van der Waals surface area (Å²) in [5, 5.41) is 25.0. The van der Waals surface area contributed by atoms with E-state index in [0.29, 0.717) is 83.7 Å². The second kappa shape index (κ2) is 10.6. The van der Waals surface area contributed by atoms with Gasteiger partial charge in [0.05, 0.1) is 53.4 Å². The molecule has 4 aliphatic rings. The Kier molecular flexibility index (Phi) is 6.64. The average Bonchev–Trinajstić information content (AvgIpc) is 3.44. The third-order valence-electron chi connectivity index (χ3n) is 11.0. The summed E-state index contributed by atoms with van der Waals surface area (Å²) in [7, 11) is 3.75. The summed E-state index contributed by atoms with van der Waals surface area (Å²) in [4.78, 5) is 14.2. The third kappa shape index (κ3) is 4.65. The van der Waals surface area contributed by atoms with Gasteiger partial charge in [0.15, 0.2) is 5.65 Å². The van der Waals surface area contributed by atoms with E-state index in [-0.39, 0.29) is 31.3 Å². The fourth-order valence-electron chi connectivity index (χ4n) is 8.66. The molecule has 1 aromatic carbocycles. The maximum atomic E-state index is 16.3. The Morgan fingerprint density at radius 3 is 2.84 bits per heavy atom. The Labute approximate surface area is 281 Å². The summed E-state index contributed by atoms with van der Waals surface area (Å²) in [5.41, 5.74) is 1.75. The minimum absolute atomic E-state index is 0.171. The molecule has 0 radical (unpaired) electrons. The molecule has 5 aromatic rings. The highest BCUT2D eigenvalue weighted by atomic mass is 19.1. The van der Waals surface area contributed by atoms with Gasteiger partial charge < -0.3 is 24.0 Å². The van der Waals surface area contributed by atoms with Gasteiger partial charge in [-0.3, -0.25) is 14.7 Å². The van der Waals surface area contributed by atoms with Crippen molar-refractivity contribution in [1.82, 2.24) is 39.4 Å². The normalized spacial score (nSPS) is 26.9. The molecule has 1 saturated carbocycles. The number of halogens is 2. The standard InChI is InChI=1S/C35H39F2N9O3/c1-5-20-13-23-22(15-38-41-23)24(26(20)35(37)8-9-35)27-29-28(44(4)42-27)25-30(43(29)3)39-32(40-31(25)45-11-12-48-18-33(2,47)17-45)49-19-34-7-6-10-46(34)16-21(36)14-34/h1,13,15,21,47H,6-12,14,16-19H2,2-4H3,(H,38,41)/t21-,33+,34+/m1/s1. The van der Waals surface area contributed by atoms with Gasteiger partial charge in [-0.25, -0.2) is 8.78 Å². The first-order valence-corrected chi connectivity index (χ1v) is 17.0. The van der Waals surface area contributed by atoms with Crippen LogP contribution in [0.4, 0.5) is 14.6 Å². The number of nitrogens with zero attached hydrogens (tertiary/aromatic N) is 8. The Hall–Kier alpha value is -4.32. The van der Waals surface area contributed by atoms with Crippen LogP contribution >= 0.6 is 0 Å². The number of hydrogen-bond acceptors (Lipinski definition) is 9. The molecule has 1 aliphatic carbocycles. The Morgan fingerprint density at radius 1 is 1.20 bits per heavy atom. The zero-order chi connectivity index (χ0) is 33.9. The van der Waals surface area contributed by atoms with E-state index in [9.17, 15) is 9.50 Å². The molecular weight excluding hydrogens is 632 g/mol. The average molecular weight is 672 g/mol. The van der Waals surface area contributed by atoms with Gasteiger partial charge in [0.2, 0.25) is 0 Å². The smallest absolute Gasteiger partial charge is 0.320 e. The van der Waals surface area contributed by atoms with E-state index in [0.717, 1.165) is 35.8 Å². The molecular formula is C35H39F2N9O3. The first-order chi connectivity index (χ1) is 23.5. The van der Waals surface area contributed by atoms with Gasteiger partial charge in [-0.1, -0.05) is 5.92 Å². The van der Waals surface area contributed by atoms with Crippen LogP contribution in [0.5, 0.6) is 6.01 Å². The van der Waals surface area contributed by atoms with Crippen molar-refractivity contribution in [2.45, 2.75) is 62.0 Å². The fourth-order valence-corrected chi connectivity index (χ4v) is 8.66. The molecule has 9 rings (SSSR count). The summed E-state index contributed by atoms with van der Waals surface area (Å²) in [6, 6.07) is 1.95. The molecule has 3 atom stereocenters. The minimum atomic E-state index is -1.56. The molecule has 49 heavy (non-hydrogen) atoms. The number of rotatable bonds is 6. The van der Waals surface area contributed by atoms with E-state index in [4.69, 9.17) is 31.0 Å². The van der Waals surface area contributed by atoms with Crippen LogP contribution in [0.25, 0.3) is 44.2 Å². The summed E-state index contributed by atoms with van der Waals surface area (Å²) >= 11 is 0. The molecule has 0 bridgehead atoms. The minimum Gasteiger partial charge on any atom is -0.461 e. The molecule has 12 nitrogen and oxygen atoms in total. The van der Waals surface area contributed by atoms with Crippen molar-refractivity contribution in [3.05, 3.63) is 23.4 Å². The van der Waals surface area contributed by atoms with Crippen LogP contribution in [-0.4, -0.2) is 108 Å². The second-order valence-corrected chi connectivity index (χ2v) is 14.7. The van der Waals surface area contributed by atoms with Crippen LogP contribution in [0, 0.1) is 12.3 Å². The molecule has 7 heterocycles. The molecule has 3 saturated heterocycles. The topological polar surface area (TPSA) is 122 Å². The van der Waals surface area contributed by atoms with Crippen molar-refractivity contribution in [3.8, 4) is 29.6 Å². The lowest BCUT2D eigenvalue weighted by atomic mass is 9.90. The van der Waals surface area contributed by atoms with Gasteiger partial charge >= 0.3 is 6.01 Å². The molecule has 2 N–H and O–H groups in total. The van der Waals surface area contributed by atoms with E-state index in [1.165, 1.54) is 0 Å². The third-order valence-corrected chi connectivity index (χ3v) is 11.0. The Balaban J connectivity index is 1.27. The molecule has 14 heteroatoms. The van der Waals surface area contributed by atoms with E-state index in [1.807, 2.05) is 23.6 Å². The number of alkyl halides is 2. The number of anilines is 1. The van der Waals surface area contributed by atoms with E-state index >= 15 is 4.39 Å². The van der Waals surface area contributed by atoms with Crippen LogP contribution in [0.15, 0.2) is 12.3 Å². The van der Waals surface area contributed by atoms with Crippen LogP contribution in [0.2, 0.25) is 0 Å². The number of aromatic amines is 1. The summed E-state index contributed by atoms with van der Waals surface area (Å²) in [6.45, 7) is 4.59. The van der Waals surface area contributed by atoms with Crippen LogP contribution in [0.1, 0.15) is 50.2 Å². The Bertz CT molecular complexity index is 2200. The van der Waals surface area contributed by atoms with Crippen LogP contribution < -0.4 is 9.64 Å². The number of aryl methyl sites for hydroxylation is 2. The van der Waals surface area contributed by atoms with Gasteiger partial charge in [0.25, 0.3) is 0 Å². The molecule has 4 fully saturated rings.